The Morgan fingerprint density at radius 2 is 2.38 bits per heavy atom. The summed E-state index contributed by atoms with van der Waals surface area (Å²) < 4.78 is 4.08. The molecular formula is C4H8O2S2. The number of carbonyl (C=O) groups is 1. The van der Waals surface area contributed by atoms with Gasteiger partial charge in [-0.2, -0.15) is 12.6 Å². The fourth-order valence-electron chi connectivity index (χ4n) is 0.228. The van der Waals surface area contributed by atoms with Gasteiger partial charge >= 0.3 is 5.97 Å². The van der Waals surface area contributed by atoms with E-state index < -0.39 is 0 Å². The van der Waals surface area contributed by atoms with Crippen molar-refractivity contribution in [3.05, 3.63) is 0 Å². The Kier molecular flexibility index (Phi) is 4.18. The zero-order chi connectivity index (χ0) is 6.57. The largest absolute Gasteiger partial charge is 0.394 e. The van der Waals surface area contributed by atoms with Crippen LogP contribution in [0, 0.1) is 0 Å². The third-order valence-corrected chi connectivity index (χ3v) is 1.50. The van der Waals surface area contributed by atoms with Crippen LogP contribution >= 0.6 is 25.5 Å². The fourth-order valence-corrected chi connectivity index (χ4v) is 0.491. The summed E-state index contributed by atoms with van der Waals surface area (Å²) in [5, 5.41) is -0.326. The van der Waals surface area contributed by atoms with Gasteiger partial charge in [-0.15, -0.1) is 0 Å². The van der Waals surface area contributed by atoms with Crippen LogP contribution in [-0.2, 0) is 8.98 Å². The van der Waals surface area contributed by atoms with E-state index in [-0.39, 0.29) is 11.2 Å². The molecule has 0 saturated heterocycles. The topological polar surface area (TPSA) is 26.3 Å². The van der Waals surface area contributed by atoms with E-state index in [1.807, 2.05) is 6.92 Å². The monoisotopic (exact) mass is 152 g/mol. The van der Waals surface area contributed by atoms with Gasteiger partial charge in [-0.05, 0) is 6.42 Å². The van der Waals surface area contributed by atoms with Crippen LogP contribution in [0.15, 0.2) is 0 Å². The van der Waals surface area contributed by atoms with E-state index in [0.29, 0.717) is 6.42 Å². The summed E-state index contributed by atoms with van der Waals surface area (Å²) in [4.78, 5) is 10.4. The maximum atomic E-state index is 10.4. The van der Waals surface area contributed by atoms with Crippen LogP contribution in [-0.4, -0.2) is 11.2 Å². The summed E-state index contributed by atoms with van der Waals surface area (Å²) in [5.41, 5.74) is 0. The van der Waals surface area contributed by atoms with Gasteiger partial charge < -0.3 is 4.18 Å². The van der Waals surface area contributed by atoms with Crippen molar-refractivity contribution in [2.45, 2.75) is 18.6 Å². The van der Waals surface area contributed by atoms with Gasteiger partial charge in [0.15, 0.2) is 0 Å². The Hall–Kier alpha value is 0.170. The molecule has 48 valence electrons. The van der Waals surface area contributed by atoms with Gasteiger partial charge in [-0.3, -0.25) is 0 Å². The fraction of sp³-hybridized carbons (Fsp3) is 0.750. The summed E-state index contributed by atoms with van der Waals surface area (Å²) in [5.74, 6) is -0.390. The Balaban J connectivity index is 3.46. The predicted molar refractivity (Wildman–Crippen MR) is 38.1 cm³/mol. The molecule has 0 N–H and O–H groups in total. The lowest BCUT2D eigenvalue weighted by atomic mass is 10.3. The molecule has 1 atom stereocenters. The number of rotatable bonds is 2. The van der Waals surface area contributed by atoms with E-state index in [1.54, 1.807) is 0 Å². The molecule has 0 aliphatic heterocycles. The van der Waals surface area contributed by atoms with Gasteiger partial charge in [-0.1, -0.05) is 6.92 Å². The van der Waals surface area contributed by atoms with Gasteiger partial charge in [0, 0.05) is 12.9 Å². The van der Waals surface area contributed by atoms with Crippen LogP contribution in [0.25, 0.3) is 0 Å². The zero-order valence-electron chi connectivity index (χ0n) is 4.50. The summed E-state index contributed by atoms with van der Waals surface area (Å²) in [7, 11) is 0. The molecule has 0 bridgehead atoms. The van der Waals surface area contributed by atoms with Crippen molar-refractivity contribution in [3.8, 4) is 0 Å². The molecule has 0 amide bonds. The number of hydrogen-bond acceptors (Lipinski definition) is 4. The normalized spacial score (nSPS) is 12.9. The average molecular weight is 152 g/mol. The Bertz CT molecular complexity index is 84.1. The van der Waals surface area contributed by atoms with Gasteiger partial charge in [0.1, 0.15) is 5.25 Å². The van der Waals surface area contributed by atoms with Gasteiger partial charge in [0.25, 0.3) is 0 Å². The zero-order valence-corrected chi connectivity index (χ0v) is 6.28. The van der Waals surface area contributed by atoms with E-state index >= 15 is 0 Å². The lowest BCUT2D eigenvalue weighted by Crippen LogP contribution is -2.12. The van der Waals surface area contributed by atoms with E-state index in [9.17, 15) is 4.79 Å². The maximum absolute atomic E-state index is 10.4. The Labute approximate surface area is 59.6 Å². The lowest BCUT2D eigenvalue weighted by molar-refractivity contribution is -0.132. The van der Waals surface area contributed by atoms with E-state index in [4.69, 9.17) is 0 Å². The van der Waals surface area contributed by atoms with Crippen LogP contribution in [0.4, 0.5) is 0 Å². The second-order valence-corrected chi connectivity index (χ2v) is 2.14. The molecule has 0 fully saturated rings. The molecule has 0 rings (SSSR count). The molecule has 1 unspecified atom stereocenters. The maximum Gasteiger partial charge on any atom is 0.330 e. The molecule has 8 heavy (non-hydrogen) atoms. The van der Waals surface area contributed by atoms with Crippen molar-refractivity contribution in [2.24, 2.45) is 0 Å². The van der Waals surface area contributed by atoms with Crippen LogP contribution in [0.5, 0.6) is 0 Å². The first-order valence-corrected chi connectivity index (χ1v) is 3.13. The highest BCUT2D eigenvalue weighted by Crippen LogP contribution is 2.02. The second-order valence-electron chi connectivity index (χ2n) is 1.33. The molecule has 4 heteroatoms. The smallest absolute Gasteiger partial charge is 0.330 e. The van der Waals surface area contributed by atoms with Crippen molar-refractivity contribution in [3.63, 3.8) is 0 Å². The number of carbonyl (C=O) groups excluding carboxylic acids is 1. The molecule has 0 saturated carbocycles. The van der Waals surface area contributed by atoms with Crippen molar-refractivity contribution < 1.29 is 8.98 Å². The molecule has 0 heterocycles. The van der Waals surface area contributed by atoms with E-state index in [2.05, 4.69) is 29.7 Å². The van der Waals surface area contributed by atoms with E-state index in [0.717, 1.165) is 0 Å². The van der Waals surface area contributed by atoms with Gasteiger partial charge in [0.05, 0.1) is 0 Å². The summed E-state index contributed by atoms with van der Waals surface area (Å²) in [6, 6.07) is 0. The molecule has 2 nitrogen and oxygen atoms in total. The van der Waals surface area contributed by atoms with Crippen LogP contribution in [0.1, 0.15) is 13.3 Å². The molecule has 0 radical (unpaired) electrons. The number of hydrogen-bond donors (Lipinski definition) is 2. The first kappa shape index (κ1) is 8.17. The standard InChI is InChI=1S/C4H8O2S2/c1-2-3(7)4(5)6-8/h3,7-8H,2H2,1H3. The average Bonchev–Trinajstić information content (AvgIpc) is 1.84. The molecule has 0 aromatic rings. The number of thiol groups is 2. The Morgan fingerprint density at radius 1 is 1.88 bits per heavy atom. The van der Waals surface area contributed by atoms with E-state index in [1.165, 1.54) is 0 Å². The first-order valence-electron chi connectivity index (χ1n) is 2.25. The minimum atomic E-state index is -0.390. The summed E-state index contributed by atoms with van der Waals surface area (Å²) in [6.45, 7) is 1.85. The lowest BCUT2D eigenvalue weighted by Gasteiger charge is -2.00. The SMILES string of the molecule is CCC(S)C(=O)OS. The van der Waals surface area contributed by atoms with Crippen LogP contribution < -0.4 is 0 Å². The summed E-state index contributed by atoms with van der Waals surface area (Å²) >= 11 is 7.19. The highest BCUT2D eigenvalue weighted by atomic mass is 32.1. The highest BCUT2D eigenvalue weighted by molar-refractivity contribution is 7.82. The molecule has 0 aromatic carbocycles. The van der Waals surface area contributed by atoms with Crippen molar-refractivity contribution in [1.82, 2.24) is 0 Å². The molecule has 0 aromatic heterocycles. The van der Waals surface area contributed by atoms with Crippen molar-refractivity contribution in [2.75, 3.05) is 0 Å². The molecular weight excluding hydrogens is 144 g/mol. The molecule has 0 spiro atoms. The second kappa shape index (κ2) is 4.09. The quantitative estimate of drug-likeness (QED) is 0.457. The third-order valence-electron chi connectivity index (χ3n) is 0.749. The molecule has 0 aliphatic carbocycles. The predicted octanol–water partition coefficient (Wildman–Crippen LogP) is 1.08. The Morgan fingerprint density at radius 3 is 2.50 bits per heavy atom. The van der Waals surface area contributed by atoms with Crippen LogP contribution in [0.3, 0.4) is 0 Å². The molecule has 0 aliphatic rings. The third kappa shape index (κ3) is 2.47. The van der Waals surface area contributed by atoms with Crippen molar-refractivity contribution >= 4 is 31.5 Å². The minimum Gasteiger partial charge on any atom is -0.394 e. The first-order chi connectivity index (χ1) is 3.72. The highest BCUT2D eigenvalue weighted by Gasteiger charge is 2.10. The minimum absolute atomic E-state index is 0.326. The van der Waals surface area contributed by atoms with Crippen LogP contribution in [0.2, 0.25) is 0 Å². The van der Waals surface area contributed by atoms with Gasteiger partial charge in [-0.25, -0.2) is 4.79 Å². The van der Waals surface area contributed by atoms with Crippen molar-refractivity contribution in [1.29, 1.82) is 0 Å². The summed E-state index contributed by atoms with van der Waals surface area (Å²) in [6.07, 6.45) is 0.669. The van der Waals surface area contributed by atoms with Gasteiger partial charge in [0.2, 0.25) is 0 Å².